The van der Waals surface area contributed by atoms with Gasteiger partial charge in [0, 0.05) is 0 Å². The summed E-state index contributed by atoms with van der Waals surface area (Å²) in [5, 5.41) is 1.92. The van der Waals surface area contributed by atoms with Crippen LogP contribution in [0.15, 0.2) is 60.7 Å². The van der Waals surface area contributed by atoms with Crippen LogP contribution < -0.4 is 9.47 Å². The van der Waals surface area contributed by atoms with E-state index in [4.69, 9.17) is 9.47 Å². The highest BCUT2D eigenvalue weighted by Crippen LogP contribution is 2.32. The van der Waals surface area contributed by atoms with E-state index < -0.39 is 0 Å². The minimum absolute atomic E-state index is 0.0152. The average molecular weight is 535 g/mol. The van der Waals surface area contributed by atoms with Crippen molar-refractivity contribution in [3.05, 3.63) is 60.7 Å². The molecule has 0 aliphatic heterocycles. The fourth-order valence-corrected chi connectivity index (χ4v) is 4.94. The van der Waals surface area contributed by atoms with Gasteiger partial charge in [0.25, 0.3) is 0 Å². The molecule has 0 saturated heterocycles. The number of esters is 2. The number of hydrogen-bond acceptors (Lipinski definition) is 5. The number of hydrogen-bond donors (Lipinski definition) is 0. The van der Waals surface area contributed by atoms with Crippen LogP contribution in [0.4, 0.5) is 0 Å². The second-order valence-corrected chi connectivity index (χ2v) is 10.5. The highest BCUT2D eigenvalue weighted by atomic mass is 16.5. The van der Waals surface area contributed by atoms with Crippen molar-refractivity contribution in [1.29, 1.82) is 0 Å². The largest absolute Gasteiger partial charge is 0.426 e. The second kappa shape index (κ2) is 17.4. The molecule has 0 N–H and O–H groups in total. The molecule has 0 spiro atoms. The smallest absolute Gasteiger partial charge is 0.314 e. The number of aldehydes is 1. The quantitative estimate of drug-likeness (QED) is 0.122. The molecule has 2 saturated carbocycles. The lowest BCUT2D eigenvalue weighted by Gasteiger charge is -2.24. The summed E-state index contributed by atoms with van der Waals surface area (Å²) >= 11 is 0. The van der Waals surface area contributed by atoms with Gasteiger partial charge in [-0.15, -0.1) is 0 Å². The number of fused-ring (bicyclic) bond motifs is 1. The lowest BCUT2D eigenvalue weighted by molar-refractivity contribution is -0.141. The Morgan fingerprint density at radius 2 is 1.08 bits per heavy atom. The van der Waals surface area contributed by atoms with Gasteiger partial charge in [0.2, 0.25) is 0 Å². The van der Waals surface area contributed by atoms with Crippen molar-refractivity contribution in [2.75, 3.05) is 0 Å². The lowest BCUT2D eigenvalue weighted by Crippen LogP contribution is -2.25. The van der Waals surface area contributed by atoms with E-state index in [9.17, 15) is 14.4 Å². The molecule has 2 aromatic rings. The van der Waals surface area contributed by atoms with Gasteiger partial charge < -0.3 is 9.47 Å². The zero-order valence-corrected chi connectivity index (χ0v) is 24.4. The van der Waals surface area contributed by atoms with Crippen LogP contribution in [0.3, 0.4) is 0 Å². The molecule has 0 aromatic heterocycles. The van der Waals surface area contributed by atoms with Crippen LogP contribution >= 0.6 is 0 Å². The number of rotatable bonds is 6. The minimum Gasteiger partial charge on any atom is -0.426 e. The van der Waals surface area contributed by atoms with E-state index in [1.165, 1.54) is 6.08 Å². The Hall–Kier alpha value is -3.21. The van der Waals surface area contributed by atoms with Crippen molar-refractivity contribution < 1.29 is 23.9 Å². The standard InChI is InChI=1S/C26H32O4.C6H8O.C2H6/c1-17-3-7-19(8-4-17)25(27)29-23-13-11-22-16-24(14-12-21(22)15-23)30-26(28)20-9-5-18(2)6-10-20;1-2-3-4-5-6-7;1-2/h11-20H,3-10H2,1-2H3;2-6H,1H3;1-2H3/b;3-2+,5-4+;. The molecule has 0 atom stereocenters. The SMILES string of the molecule is C/C=C/C=C/C=O.CC.CC1CCC(C(=O)Oc2ccc3cc(OC(=O)C4CCC(C)CC4)ccc3c2)CC1. The molecule has 0 unspecified atom stereocenters. The lowest BCUT2D eigenvalue weighted by atomic mass is 9.83. The molecule has 39 heavy (non-hydrogen) atoms. The molecule has 212 valence electrons. The van der Waals surface area contributed by atoms with Crippen molar-refractivity contribution in [2.24, 2.45) is 23.7 Å². The van der Waals surface area contributed by atoms with Gasteiger partial charge in [-0.05, 0) is 111 Å². The first kappa shape index (κ1) is 32.0. The Bertz CT molecular complexity index is 1020. The summed E-state index contributed by atoms with van der Waals surface area (Å²) in [4.78, 5) is 34.5. The van der Waals surface area contributed by atoms with E-state index in [0.717, 1.165) is 68.4 Å². The monoisotopic (exact) mass is 534 g/mol. The van der Waals surface area contributed by atoms with Gasteiger partial charge in [-0.3, -0.25) is 14.4 Å². The predicted molar refractivity (Wildman–Crippen MR) is 159 cm³/mol. The van der Waals surface area contributed by atoms with Gasteiger partial charge in [0.05, 0.1) is 11.8 Å². The highest BCUT2D eigenvalue weighted by molar-refractivity contribution is 5.87. The molecule has 2 aromatic carbocycles. The van der Waals surface area contributed by atoms with Crippen LogP contribution in [0, 0.1) is 23.7 Å². The first-order valence-electron chi connectivity index (χ1n) is 14.6. The summed E-state index contributed by atoms with van der Waals surface area (Å²) in [6.07, 6.45) is 15.6. The topological polar surface area (TPSA) is 69.7 Å². The zero-order chi connectivity index (χ0) is 28.6. The van der Waals surface area contributed by atoms with Crippen molar-refractivity contribution in [3.8, 4) is 11.5 Å². The molecule has 0 bridgehead atoms. The van der Waals surface area contributed by atoms with Crippen LogP contribution in [-0.2, 0) is 14.4 Å². The number of ether oxygens (including phenoxy) is 2. The fourth-order valence-electron chi connectivity index (χ4n) is 4.94. The van der Waals surface area contributed by atoms with Crippen LogP contribution in [0.2, 0.25) is 0 Å². The van der Waals surface area contributed by atoms with Crippen LogP contribution in [0.1, 0.15) is 86.0 Å². The van der Waals surface area contributed by atoms with Gasteiger partial charge in [-0.25, -0.2) is 0 Å². The summed E-state index contributed by atoms with van der Waals surface area (Å²) in [7, 11) is 0. The summed E-state index contributed by atoms with van der Waals surface area (Å²) in [5.41, 5.74) is 0. The first-order chi connectivity index (χ1) is 18.9. The van der Waals surface area contributed by atoms with Gasteiger partial charge >= 0.3 is 11.9 Å². The molecule has 2 aliphatic carbocycles. The fraction of sp³-hybridized carbons (Fsp3) is 0.500. The van der Waals surface area contributed by atoms with Gasteiger partial charge in [0.15, 0.2) is 0 Å². The van der Waals surface area contributed by atoms with Gasteiger partial charge in [-0.2, -0.15) is 0 Å². The van der Waals surface area contributed by atoms with E-state index in [1.807, 2.05) is 63.2 Å². The Morgan fingerprint density at radius 1 is 0.667 bits per heavy atom. The summed E-state index contributed by atoms with van der Waals surface area (Å²) in [6, 6.07) is 11.2. The van der Waals surface area contributed by atoms with E-state index in [-0.39, 0.29) is 23.8 Å². The molecular weight excluding hydrogens is 488 g/mol. The summed E-state index contributed by atoms with van der Waals surface area (Å²) in [6.45, 7) is 10.4. The average Bonchev–Trinajstić information content (AvgIpc) is 2.95. The Labute approximate surface area is 234 Å². The van der Waals surface area contributed by atoms with Crippen molar-refractivity contribution in [1.82, 2.24) is 0 Å². The van der Waals surface area contributed by atoms with Crippen molar-refractivity contribution in [2.45, 2.75) is 86.0 Å². The number of carbonyl (C=O) groups excluding carboxylic acids is 3. The first-order valence-corrected chi connectivity index (χ1v) is 14.6. The molecule has 0 amide bonds. The molecular formula is C34H46O5. The molecule has 0 heterocycles. The third-order valence-electron chi connectivity index (χ3n) is 7.41. The van der Waals surface area contributed by atoms with Crippen molar-refractivity contribution in [3.63, 3.8) is 0 Å². The maximum Gasteiger partial charge on any atom is 0.314 e. The predicted octanol–water partition coefficient (Wildman–Crippen LogP) is 8.65. The highest BCUT2D eigenvalue weighted by Gasteiger charge is 2.27. The Morgan fingerprint density at radius 3 is 1.44 bits per heavy atom. The van der Waals surface area contributed by atoms with E-state index in [2.05, 4.69) is 13.8 Å². The van der Waals surface area contributed by atoms with Crippen LogP contribution in [0.25, 0.3) is 10.8 Å². The zero-order valence-electron chi connectivity index (χ0n) is 24.4. The maximum atomic E-state index is 12.5. The van der Waals surface area contributed by atoms with Crippen molar-refractivity contribution >= 4 is 29.0 Å². The number of benzene rings is 2. The Balaban J connectivity index is 0.000000517. The minimum atomic E-state index is -0.117. The summed E-state index contributed by atoms with van der Waals surface area (Å²) in [5.74, 6) is 2.36. The summed E-state index contributed by atoms with van der Waals surface area (Å²) < 4.78 is 11.3. The van der Waals surface area contributed by atoms with E-state index >= 15 is 0 Å². The molecule has 5 nitrogen and oxygen atoms in total. The molecule has 2 fully saturated rings. The maximum absolute atomic E-state index is 12.5. The van der Waals surface area contributed by atoms with Crippen LogP contribution in [-0.4, -0.2) is 18.2 Å². The van der Waals surface area contributed by atoms with Gasteiger partial charge in [-0.1, -0.05) is 58.1 Å². The van der Waals surface area contributed by atoms with Crippen LogP contribution in [0.5, 0.6) is 11.5 Å². The van der Waals surface area contributed by atoms with E-state index in [1.54, 1.807) is 12.2 Å². The molecule has 2 aliphatic rings. The number of carbonyl (C=O) groups is 3. The van der Waals surface area contributed by atoms with E-state index in [0.29, 0.717) is 23.3 Å². The van der Waals surface area contributed by atoms with Gasteiger partial charge in [0.1, 0.15) is 17.8 Å². The number of allylic oxidation sites excluding steroid dienone is 4. The molecule has 4 rings (SSSR count). The normalized spacial score (nSPS) is 22.8. The third-order valence-corrected chi connectivity index (χ3v) is 7.41. The molecule has 0 radical (unpaired) electrons. The third kappa shape index (κ3) is 10.8. The second-order valence-electron chi connectivity index (χ2n) is 10.5. The Kier molecular flexibility index (Phi) is 14.3. The molecule has 5 heteroatoms.